The van der Waals surface area contributed by atoms with Crippen molar-refractivity contribution in [2.75, 3.05) is 20.2 Å². The van der Waals surface area contributed by atoms with E-state index in [-0.39, 0.29) is 35.1 Å². The summed E-state index contributed by atoms with van der Waals surface area (Å²) in [5.74, 6) is 0.197. The van der Waals surface area contributed by atoms with Gasteiger partial charge in [-0.3, -0.25) is 0 Å². The molecule has 1 aliphatic heterocycles. The van der Waals surface area contributed by atoms with Crippen molar-refractivity contribution in [1.82, 2.24) is 10.2 Å². The summed E-state index contributed by atoms with van der Waals surface area (Å²) in [7, 11) is 1.73. The highest BCUT2D eigenvalue weighted by Gasteiger charge is 2.58. The van der Waals surface area contributed by atoms with Gasteiger partial charge in [0, 0.05) is 37.6 Å². The maximum atomic E-state index is 12.4. The number of methoxy groups -OCH3 is 1. The van der Waals surface area contributed by atoms with E-state index in [1.807, 2.05) is 11.8 Å². The maximum Gasteiger partial charge on any atom is 0.317 e. The first kappa shape index (κ1) is 16.6. The van der Waals surface area contributed by atoms with Gasteiger partial charge in [-0.2, -0.15) is 0 Å². The normalized spacial score (nSPS) is 36.8. The minimum atomic E-state index is -0.350. The molecule has 0 spiro atoms. The van der Waals surface area contributed by atoms with E-state index in [1.54, 1.807) is 7.11 Å². The van der Waals surface area contributed by atoms with E-state index in [9.17, 15) is 9.90 Å². The van der Waals surface area contributed by atoms with E-state index in [4.69, 9.17) is 4.74 Å². The molecule has 0 aromatic heterocycles. The number of likely N-dealkylation sites (tertiary alicyclic amines) is 1. The number of piperidine rings is 1. The zero-order valence-electron chi connectivity index (χ0n) is 14.0. The van der Waals surface area contributed by atoms with Crippen molar-refractivity contribution in [2.45, 2.75) is 64.7 Å². The lowest BCUT2D eigenvalue weighted by atomic mass is 9.56. The molecule has 1 saturated carbocycles. The maximum absolute atomic E-state index is 12.4. The monoisotopic (exact) mass is 298 g/mol. The molecule has 4 atom stereocenters. The lowest BCUT2D eigenvalue weighted by molar-refractivity contribution is -0.177. The van der Waals surface area contributed by atoms with E-state index in [0.29, 0.717) is 6.54 Å². The van der Waals surface area contributed by atoms with Crippen LogP contribution in [-0.2, 0) is 4.74 Å². The van der Waals surface area contributed by atoms with Crippen molar-refractivity contribution in [1.29, 1.82) is 0 Å². The quantitative estimate of drug-likeness (QED) is 0.837. The molecule has 0 bridgehead atoms. The van der Waals surface area contributed by atoms with Gasteiger partial charge in [0.15, 0.2) is 0 Å². The van der Waals surface area contributed by atoms with E-state index in [0.717, 1.165) is 25.8 Å². The standard InChI is InChI=1S/C16H30N2O3/c1-11(19)12-7-6-8-18(10-12)14(20)17-13-9-16(4,21-5)15(13,2)3/h11-13,19H,6-10H2,1-5H3,(H,17,20). The number of nitrogens with zero attached hydrogens (tertiary/aromatic N) is 1. The first-order chi connectivity index (χ1) is 9.71. The summed E-state index contributed by atoms with van der Waals surface area (Å²) in [6.07, 6.45) is 2.46. The fraction of sp³-hybridized carbons (Fsp3) is 0.938. The highest BCUT2D eigenvalue weighted by atomic mass is 16.5. The molecule has 1 saturated heterocycles. The molecule has 0 aromatic rings. The van der Waals surface area contributed by atoms with Crippen LogP contribution in [-0.4, -0.2) is 54.0 Å². The van der Waals surface area contributed by atoms with Gasteiger partial charge in [0.2, 0.25) is 0 Å². The minimum Gasteiger partial charge on any atom is -0.393 e. The largest absolute Gasteiger partial charge is 0.393 e. The van der Waals surface area contributed by atoms with Gasteiger partial charge >= 0.3 is 6.03 Å². The molecule has 2 rings (SSSR count). The lowest BCUT2D eigenvalue weighted by Crippen LogP contribution is -2.69. The average molecular weight is 298 g/mol. The summed E-state index contributed by atoms with van der Waals surface area (Å²) in [6, 6.07) is 0.137. The molecule has 21 heavy (non-hydrogen) atoms. The van der Waals surface area contributed by atoms with E-state index in [2.05, 4.69) is 26.1 Å². The molecule has 0 radical (unpaired) electrons. The number of amides is 2. The number of urea groups is 1. The fourth-order valence-corrected chi connectivity index (χ4v) is 3.55. The lowest BCUT2D eigenvalue weighted by Gasteiger charge is -2.59. The van der Waals surface area contributed by atoms with Crippen molar-refractivity contribution >= 4 is 6.03 Å². The Labute approximate surface area is 128 Å². The van der Waals surface area contributed by atoms with Gasteiger partial charge < -0.3 is 20.1 Å². The number of ether oxygens (including phenoxy) is 1. The predicted molar refractivity (Wildman–Crippen MR) is 82.1 cm³/mol. The molecule has 2 aliphatic rings. The van der Waals surface area contributed by atoms with Crippen LogP contribution >= 0.6 is 0 Å². The third-order valence-electron chi connectivity index (χ3n) is 6.00. The van der Waals surface area contributed by atoms with E-state index < -0.39 is 0 Å². The van der Waals surface area contributed by atoms with Crippen LogP contribution in [0.15, 0.2) is 0 Å². The fourth-order valence-electron chi connectivity index (χ4n) is 3.55. The van der Waals surface area contributed by atoms with Gasteiger partial charge in [0.25, 0.3) is 0 Å². The van der Waals surface area contributed by atoms with Gasteiger partial charge in [0.1, 0.15) is 0 Å². The number of nitrogens with one attached hydrogen (secondary N) is 1. The second kappa shape index (κ2) is 5.76. The molecule has 0 aromatic carbocycles. The predicted octanol–water partition coefficient (Wildman–Crippen LogP) is 1.99. The van der Waals surface area contributed by atoms with Gasteiger partial charge in [0.05, 0.1) is 11.7 Å². The van der Waals surface area contributed by atoms with Crippen molar-refractivity contribution in [2.24, 2.45) is 11.3 Å². The number of carbonyl (C=O) groups excluding carboxylic acids is 1. The summed E-state index contributed by atoms with van der Waals surface area (Å²) < 4.78 is 5.60. The summed E-state index contributed by atoms with van der Waals surface area (Å²) in [4.78, 5) is 14.3. The molecular weight excluding hydrogens is 268 g/mol. The average Bonchev–Trinajstić information content (AvgIpc) is 2.46. The second-order valence-electron chi connectivity index (χ2n) is 7.45. The van der Waals surface area contributed by atoms with Crippen LogP contribution in [0.4, 0.5) is 4.79 Å². The Hall–Kier alpha value is -0.810. The molecule has 4 unspecified atom stereocenters. The Kier molecular flexibility index (Phi) is 4.54. The van der Waals surface area contributed by atoms with Crippen LogP contribution in [0.5, 0.6) is 0 Å². The molecule has 1 heterocycles. The van der Waals surface area contributed by atoms with Gasteiger partial charge in [-0.05, 0) is 33.1 Å². The molecule has 2 amide bonds. The number of rotatable bonds is 3. The van der Waals surface area contributed by atoms with Crippen LogP contribution in [0.2, 0.25) is 0 Å². The summed E-state index contributed by atoms with van der Waals surface area (Å²) in [5, 5.41) is 12.9. The molecular formula is C16H30N2O3. The summed E-state index contributed by atoms with van der Waals surface area (Å²) in [5.41, 5.74) is -0.244. The minimum absolute atomic E-state index is 0.00317. The van der Waals surface area contributed by atoms with Crippen LogP contribution in [0.3, 0.4) is 0 Å². The van der Waals surface area contributed by atoms with E-state index >= 15 is 0 Å². The molecule has 5 heteroatoms. The van der Waals surface area contributed by atoms with E-state index in [1.165, 1.54) is 0 Å². The Bertz CT molecular complexity index is 397. The molecule has 1 aliphatic carbocycles. The van der Waals surface area contributed by atoms with Crippen LogP contribution in [0, 0.1) is 11.3 Å². The number of aliphatic hydroxyl groups is 1. The van der Waals surface area contributed by atoms with Crippen molar-refractivity contribution in [3.63, 3.8) is 0 Å². The zero-order chi connectivity index (χ0) is 15.8. The van der Waals surface area contributed by atoms with Crippen molar-refractivity contribution in [3.05, 3.63) is 0 Å². The SMILES string of the molecule is COC1(C)CC(NC(=O)N2CCCC(C(C)O)C2)C1(C)C. The number of hydrogen-bond acceptors (Lipinski definition) is 3. The number of hydrogen-bond donors (Lipinski definition) is 2. The summed E-state index contributed by atoms with van der Waals surface area (Å²) >= 11 is 0. The highest BCUT2D eigenvalue weighted by molar-refractivity contribution is 5.75. The van der Waals surface area contributed by atoms with Crippen LogP contribution < -0.4 is 5.32 Å². The number of aliphatic hydroxyl groups excluding tert-OH is 1. The first-order valence-electron chi connectivity index (χ1n) is 8.00. The Morgan fingerprint density at radius 2 is 2.10 bits per heavy atom. The molecule has 5 nitrogen and oxygen atoms in total. The van der Waals surface area contributed by atoms with Gasteiger partial charge in [-0.1, -0.05) is 13.8 Å². The smallest absolute Gasteiger partial charge is 0.317 e. The molecule has 2 N–H and O–H groups in total. The van der Waals surface area contributed by atoms with Crippen molar-refractivity contribution < 1.29 is 14.6 Å². The topological polar surface area (TPSA) is 61.8 Å². The third kappa shape index (κ3) is 2.90. The Morgan fingerprint density at radius 1 is 1.43 bits per heavy atom. The van der Waals surface area contributed by atoms with Crippen LogP contribution in [0.1, 0.15) is 47.0 Å². The molecule has 122 valence electrons. The number of carbonyl (C=O) groups is 1. The first-order valence-corrected chi connectivity index (χ1v) is 8.00. The highest BCUT2D eigenvalue weighted by Crippen LogP contribution is 2.51. The Morgan fingerprint density at radius 3 is 2.62 bits per heavy atom. The van der Waals surface area contributed by atoms with Gasteiger partial charge in [-0.15, -0.1) is 0 Å². The third-order valence-corrected chi connectivity index (χ3v) is 6.00. The van der Waals surface area contributed by atoms with Crippen LogP contribution in [0.25, 0.3) is 0 Å². The zero-order valence-corrected chi connectivity index (χ0v) is 14.0. The summed E-state index contributed by atoms with van der Waals surface area (Å²) in [6.45, 7) is 9.62. The second-order valence-corrected chi connectivity index (χ2v) is 7.45. The molecule has 2 fully saturated rings. The Balaban J connectivity index is 1.91. The van der Waals surface area contributed by atoms with Crippen molar-refractivity contribution in [3.8, 4) is 0 Å². The van der Waals surface area contributed by atoms with Gasteiger partial charge in [-0.25, -0.2) is 4.79 Å².